The minimum atomic E-state index is -0.665. The molecular weight excluding hydrogens is 439 g/mol. The van der Waals surface area contributed by atoms with Crippen LogP contribution < -0.4 is 5.32 Å². The molecule has 1 aliphatic rings. The van der Waals surface area contributed by atoms with Crippen molar-refractivity contribution in [1.29, 1.82) is 0 Å². The number of nitrogens with one attached hydrogen (secondary N) is 1. The van der Waals surface area contributed by atoms with Crippen LogP contribution in [0.2, 0.25) is 10.0 Å². The molecule has 0 bridgehead atoms. The zero-order chi connectivity index (χ0) is 22.2. The highest BCUT2D eigenvalue weighted by molar-refractivity contribution is 6.37. The topological polar surface area (TPSA) is 75.7 Å². The molecule has 0 saturated carbocycles. The predicted molar refractivity (Wildman–Crippen MR) is 121 cm³/mol. The summed E-state index contributed by atoms with van der Waals surface area (Å²) in [4.78, 5) is 38.2. The third-order valence-electron chi connectivity index (χ3n) is 4.98. The highest BCUT2D eigenvalue weighted by Gasteiger charge is 2.27. The summed E-state index contributed by atoms with van der Waals surface area (Å²) in [7, 11) is 0. The van der Waals surface area contributed by atoms with E-state index < -0.39 is 5.97 Å². The largest absolute Gasteiger partial charge is 0.452 e. The zero-order valence-corrected chi connectivity index (χ0v) is 18.2. The smallest absolute Gasteiger partial charge is 0.331 e. The highest BCUT2D eigenvalue weighted by atomic mass is 35.5. The van der Waals surface area contributed by atoms with E-state index in [0.717, 1.165) is 5.69 Å². The molecule has 0 aliphatic carbocycles. The number of amides is 2. The van der Waals surface area contributed by atoms with E-state index in [1.54, 1.807) is 23.1 Å². The van der Waals surface area contributed by atoms with Gasteiger partial charge in [-0.15, -0.1) is 0 Å². The zero-order valence-electron chi connectivity index (χ0n) is 16.7. The number of halogens is 2. The lowest BCUT2D eigenvalue weighted by molar-refractivity contribution is -0.149. The van der Waals surface area contributed by atoms with Gasteiger partial charge in [-0.3, -0.25) is 9.59 Å². The summed E-state index contributed by atoms with van der Waals surface area (Å²) >= 11 is 12.1. The van der Waals surface area contributed by atoms with E-state index in [9.17, 15) is 14.4 Å². The van der Waals surface area contributed by atoms with Gasteiger partial charge in [0.2, 0.25) is 5.91 Å². The second-order valence-corrected chi connectivity index (χ2v) is 7.90. The summed E-state index contributed by atoms with van der Waals surface area (Å²) in [6.45, 7) is 0.517. The number of anilines is 1. The van der Waals surface area contributed by atoms with Gasteiger partial charge >= 0.3 is 5.97 Å². The fourth-order valence-corrected chi connectivity index (χ4v) is 3.77. The molecule has 1 N–H and O–H groups in total. The fourth-order valence-electron chi connectivity index (χ4n) is 3.25. The number of rotatable bonds is 6. The van der Waals surface area contributed by atoms with Crippen LogP contribution in [0, 0.1) is 5.92 Å². The van der Waals surface area contributed by atoms with Crippen molar-refractivity contribution < 1.29 is 19.1 Å². The van der Waals surface area contributed by atoms with Crippen LogP contribution in [0.15, 0.2) is 54.6 Å². The highest BCUT2D eigenvalue weighted by Crippen LogP contribution is 2.25. The number of carbonyl (C=O) groups is 3. The Bertz CT molecular complexity index is 951. The summed E-state index contributed by atoms with van der Waals surface area (Å²) in [6.07, 6.45) is 3.75. The van der Waals surface area contributed by atoms with Crippen molar-refractivity contribution in [2.45, 2.75) is 12.8 Å². The lowest BCUT2D eigenvalue weighted by Crippen LogP contribution is -2.43. The molecule has 6 nitrogen and oxygen atoms in total. The van der Waals surface area contributed by atoms with Crippen LogP contribution in [-0.4, -0.2) is 42.4 Å². The van der Waals surface area contributed by atoms with Gasteiger partial charge in [0.1, 0.15) is 0 Å². The van der Waals surface area contributed by atoms with E-state index in [4.69, 9.17) is 27.9 Å². The van der Waals surface area contributed by atoms with Crippen LogP contribution in [0.25, 0.3) is 6.08 Å². The Morgan fingerprint density at radius 3 is 2.29 bits per heavy atom. The van der Waals surface area contributed by atoms with Crippen LogP contribution in [0.5, 0.6) is 0 Å². The van der Waals surface area contributed by atoms with Crippen molar-refractivity contribution in [2.24, 2.45) is 5.92 Å². The van der Waals surface area contributed by atoms with Crippen LogP contribution >= 0.6 is 23.2 Å². The predicted octanol–water partition coefficient (Wildman–Crippen LogP) is 4.43. The number of hydrogen-bond donors (Lipinski definition) is 1. The first-order valence-corrected chi connectivity index (χ1v) is 10.6. The second kappa shape index (κ2) is 11.0. The molecule has 0 spiro atoms. The summed E-state index contributed by atoms with van der Waals surface area (Å²) in [5.41, 5.74) is 1.26. The first-order chi connectivity index (χ1) is 14.9. The van der Waals surface area contributed by atoms with Gasteiger partial charge < -0.3 is 15.0 Å². The molecule has 0 radical (unpaired) electrons. The number of carbonyl (C=O) groups excluding carboxylic acids is 3. The third kappa shape index (κ3) is 6.57. The molecule has 162 valence electrons. The summed E-state index contributed by atoms with van der Waals surface area (Å²) in [5, 5.41) is 3.71. The van der Waals surface area contributed by atoms with Gasteiger partial charge in [0, 0.05) is 46.4 Å². The Hall–Kier alpha value is -2.83. The molecule has 0 aromatic heterocycles. The number of nitrogens with zero attached hydrogens (tertiary/aromatic N) is 1. The van der Waals surface area contributed by atoms with E-state index in [1.165, 1.54) is 12.2 Å². The van der Waals surface area contributed by atoms with E-state index in [-0.39, 0.29) is 24.3 Å². The molecule has 2 aromatic carbocycles. The Labute approximate surface area is 190 Å². The summed E-state index contributed by atoms with van der Waals surface area (Å²) in [6, 6.07) is 14.3. The minimum Gasteiger partial charge on any atom is -0.452 e. The Balaban J connectivity index is 1.42. The first kappa shape index (κ1) is 22.8. The summed E-state index contributed by atoms with van der Waals surface area (Å²) < 4.78 is 5.03. The monoisotopic (exact) mass is 460 g/mol. The Morgan fingerprint density at radius 1 is 1.00 bits per heavy atom. The van der Waals surface area contributed by atoms with Crippen molar-refractivity contribution in [3.8, 4) is 0 Å². The molecule has 2 amide bonds. The fraction of sp³-hybridized carbons (Fsp3) is 0.261. The van der Waals surface area contributed by atoms with Crippen LogP contribution in [0.1, 0.15) is 18.4 Å². The van der Waals surface area contributed by atoms with Crippen LogP contribution in [-0.2, 0) is 19.1 Å². The molecule has 31 heavy (non-hydrogen) atoms. The van der Waals surface area contributed by atoms with Gasteiger partial charge in [-0.05, 0) is 43.2 Å². The van der Waals surface area contributed by atoms with E-state index >= 15 is 0 Å². The van der Waals surface area contributed by atoms with Crippen molar-refractivity contribution in [3.05, 3.63) is 70.2 Å². The van der Waals surface area contributed by atoms with Crippen molar-refractivity contribution in [2.75, 3.05) is 25.0 Å². The van der Waals surface area contributed by atoms with E-state index in [2.05, 4.69) is 5.32 Å². The van der Waals surface area contributed by atoms with Gasteiger partial charge in [0.15, 0.2) is 6.61 Å². The molecular formula is C23H22Cl2N2O4. The maximum absolute atomic E-state index is 12.4. The maximum atomic E-state index is 12.4. The standard InChI is InChI=1S/C23H22Cl2N2O4/c24-19-7-4-8-20(25)18(19)9-10-22(29)31-15-21(28)27-13-11-16(12-14-27)23(30)26-17-5-2-1-3-6-17/h1-10,16H,11-15H2,(H,26,30)/b10-9+. The van der Waals surface area contributed by atoms with Gasteiger partial charge in [0.25, 0.3) is 5.91 Å². The normalized spacial score (nSPS) is 14.5. The van der Waals surface area contributed by atoms with Crippen LogP contribution in [0.3, 0.4) is 0 Å². The molecule has 3 rings (SSSR count). The maximum Gasteiger partial charge on any atom is 0.331 e. The molecule has 2 aromatic rings. The molecule has 0 atom stereocenters. The van der Waals surface area contributed by atoms with E-state index in [0.29, 0.717) is 41.5 Å². The molecule has 0 unspecified atom stereocenters. The van der Waals surface area contributed by atoms with Crippen molar-refractivity contribution in [1.82, 2.24) is 4.90 Å². The number of ether oxygens (including phenoxy) is 1. The number of hydrogen-bond acceptors (Lipinski definition) is 4. The molecule has 1 saturated heterocycles. The first-order valence-electron chi connectivity index (χ1n) is 9.86. The van der Waals surface area contributed by atoms with Gasteiger partial charge in [-0.25, -0.2) is 4.79 Å². The van der Waals surface area contributed by atoms with Gasteiger partial charge in [-0.1, -0.05) is 47.5 Å². The van der Waals surface area contributed by atoms with Gasteiger partial charge in [-0.2, -0.15) is 0 Å². The van der Waals surface area contributed by atoms with Crippen LogP contribution in [0.4, 0.5) is 5.69 Å². The van der Waals surface area contributed by atoms with Crippen molar-refractivity contribution >= 4 is 52.7 Å². The molecule has 8 heteroatoms. The molecule has 1 fully saturated rings. The minimum absolute atomic E-state index is 0.0481. The lowest BCUT2D eigenvalue weighted by atomic mass is 9.95. The number of piperidine rings is 1. The Morgan fingerprint density at radius 2 is 1.65 bits per heavy atom. The Kier molecular flexibility index (Phi) is 8.09. The SMILES string of the molecule is O=C(/C=C/c1c(Cl)cccc1Cl)OCC(=O)N1CCC(C(=O)Nc2ccccc2)CC1. The average molecular weight is 461 g/mol. The van der Waals surface area contributed by atoms with E-state index in [1.807, 2.05) is 30.3 Å². The second-order valence-electron chi connectivity index (χ2n) is 7.09. The third-order valence-corrected chi connectivity index (χ3v) is 5.64. The molecule has 1 aliphatic heterocycles. The molecule has 1 heterocycles. The lowest BCUT2D eigenvalue weighted by Gasteiger charge is -2.31. The summed E-state index contributed by atoms with van der Waals surface area (Å²) in [5.74, 6) is -1.16. The van der Waals surface area contributed by atoms with Gasteiger partial charge in [0.05, 0.1) is 0 Å². The average Bonchev–Trinajstić information content (AvgIpc) is 2.78. The number of benzene rings is 2. The quantitative estimate of drug-likeness (QED) is 0.510. The van der Waals surface area contributed by atoms with Crippen molar-refractivity contribution in [3.63, 3.8) is 0 Å². The number of para-hydroxylation sites is 1. The number of esters is 1. The number of likely N-dealkylation sites (tertiary alicyclic amines) is 1.